The van der Waals surface area contributed by atoms with Crippen LogP contribution in [0.3, 0.4) is 0 Å². The van der Waals surface area contributed by atoms with Crippen LogP contribution < -0.4 is 5.32 Å². The van der Waals surface area contributed by atoms with E-state index in [9.17, 15) is 9.59 Å². The molecule has 106 valence electrons. The highest BCUT2D eigenvalue weighted by molar-refractivity contribution is 6.32. The van der Waals surface area contributed by atoms with Gasteiger partial charge < -0.3 is 10.1 Å². The lowest BCUT2D eigenvalue weighted by Gasteiger charge is -2.19. The first-order valence-electron chi connectivity index (χ1n) is 5.84. The van der Waals surface area contributed by atoms with Crippen LogP contribution in [0.1, 0.15) is 36.7 Å². The van der Waals surface area contributed by atoms with Crippen LogP contribution in [-0.4, -0.2) is 19.0 Å². The molecule has 0 aliphatic rings. The molecule has 1 N–H and O–H groups in total. The van der Waals surface area contributed by atoms with Crippen molar-refractivity contribution in [3.63, 3.8) is 0 Å². The average molecular weight is 295 g/mol. The molecule has 0 heterocycles. The van der Waals surface area contributed by atoms with E-state index in [1.165, 1.54) is 19.2 Å². The van der Waals surface area contributed by atoms with E-state index in [1.807, 2.05) is 6.07 Å². The molecule has 0 spiro atoms. The number of benzene rings is 1. The first-order valence-corrected chi connectivity index (χ1v) is 6.22. The lowest BCUT2D eigenvalue weighted by atomic mass is 9.95. The summed E-state index contributed by atoms with van der Waals surface area (Å²) < 4.78 is 4.64. The number of nitriles is 1. The van der Waals surface area contributed by atoms with Crippen molar-refractivity contribution in [2.24, 2.45) is 5.41 Å². The van der Waals surface area contributed by atoms with Gasteiger partial charge >= 0.3 is 5.97 Å². The molecule has 0 aliphatic heterocycles. The Morgan fingerprint density at radius 2 is 1.95 bits per heavy atom. The van der Waals surface area contributed by atoms with Crippen molar-refractivity contribution in [1.29, 1.82) is 5.26 Å². The third-order valence-corrected chi connectivity index (χ3v) is 2.88. The Morgan fingerprint density at radius 3 is 2.40 bits per heavy atom. The molecule has 0 aliphatic carbocycles. The molecule has 1 aromatic rings. The van der Waals surface area contributed by atoms with Gasteiger partial charge in [-0.25, -0.2) is 4.79 Å². The van der Waals surface area contributed by atoms with E-state index in [1.54, 1.807) is 20.8 Å². The summed E-state index contributed by atoms with van der Waals surface area (Å²) >= 11 is 5.89. The SMILES string of the molecule is COC(=O)c1cc(Cl)c(C#N)cc1NC(=O)C(C)(C)C. The van der Waals surface area contributed by atoms with Crippen molar-refractivity contribution in [3.05, 3.63) is 28.3 Å². The second kappa shape index (κ2) is 5.93. The molecule has 1 aromatic carbocycles. The Hall–Kier alpha value is -2.06. The molecule has 0 saturated carbocycles. The summed E-state index contributed by atoms with van der Waals surface area (Å²) in [5.41, 5.74) is -0.157. The maximum atomic E-state index is 12.0. The van der Waals surface area contributed by atoms with Crippen LogP contribution in [0.15, 0.2) is 12.1 Å². The lowest BCUT2D eigenvalue weighted by molar-refractivity contribution is -0.123. The van der Waals surface area contributed by atoms with E-state index in [-0.39, 0.29) is 27.7 Å². The van der Waals surface area contributed by atoms with Crippen molar-refractivity contribution in [2.45, 2.75) is 20.8 Å². The zero-order valence-electron chi connectivity index (χ0n) is 11.7. The highest BCUT2D eigenvalue weighted by atomic mass is 35.5. The predicted molar refractivity (Wildman–Crippen MR) is 75.6 cm³/mol. The molecule has 0 fully saturated rings. The lowest BCUT2D eigenvalue weighted by Crippen LogP contribution is -2.28. The van der Waals surface area contributed by atoms with Crippen molar-refractivity contribution >= 4 is 29.2 Å². The van der Waals surface area contributed by atoms with Gasteiger partial charge in [0.25, 0.3) is 0 Å². The zero-order valence-corrected chi connectivity index (χ0v) is 12.5. The van der Waals surface area contributed by atoms with Crippen LogP contribution in [0.25, 0.3) is 0 Å². The molecule has 0 unspecified atom stereocenters. The maximum Gasteiger partial charge on any atom is 0.340 e. The Morgan fingerprint density at radius 1 is 1.35 bits per heavy atom. The van der Waals surface area contributed by atoms with Gasteiger partial charge in [0, 0.05) is 5.41 Å². The molecule has 0 aromatic heterocycles. The molecular weight excluding hydrogens is 280 g/mol. The number of nitrogens with one attached hydrogen (secondary N) is 1. The maximum absolute atomic E-state index is 12.0. The van der Waals surface area contributed by atoms with E-state index >= 15 is 0 Å². The number of rotatable bonds is 2. The number of carbonyl (C=O) groups excluding carboxylic acids is 2. The van der Waals surface area contributed by atoms with E-state index in [0.717, 1.165) is 0 Å². The number of amides is 1. The first-order chi connectivity index (χ1) is 9.20. The Labute approximate surface area is 122 Å². The Balaban J connectivity index is 3.32. The third-order valence-electron chi connectivity index (χ3n) is 2.56. The van der Waals surface area contributed by atoms with Gasteiger partial charge in [0.05, 0.1) is 28.9 Å². The minimum atomic E-state index is -0.639. The molecule has 0 bridgehead atoms. The van der Waals surface area contributed by atoms with Gasteiger partial charge in [-0.1, -0.05) is 32.4 Å². The summed E-state index contributed by atoms with van der Waals surface area (Å²) in [5, 5.41) is 11.7. The fraction of sp³-hybridized carbons (Fsp3) is 0.357. The fourth-order valence-corrected chi connectivity index (χ4v) is 1.56. The molecule has 6 heteroatoms. The average Bonchev–Trinajstić information content (AvgIpc) is 2.38. The molecule has 5 nitrogen and oxygen atoms in total. The van der Waals surface area contributed by atoms with Gasteiger partial charge in [0.2, 0.25) is 5.91 Å². The normalized spacial score (nSPS) is 10.6. The molecule has 1 rings (SSSR count). The number of hydrogen-bond acceptors (Lipinski definition) is 4. The topological polar surface area (TPSA) is 79.2 Å². The molecular formula is C14H15ClN2O3. The van der Waals surface area contributed by atoms with Crippen LogP contribution in [-0.2, 0) is 9.53 Å². The van der Waals surface area contributed by atoms with Gasteiger partial charge in [0.1, 0.15) is 6.07 Å². The molecule has 20 heavy (non-hydrogen) atoms. The van der Waals surface area contributed by atoms with Crippen LogP contribution in [0, 0.1) is 16.7 Å². The summed E-state index contributed by atoms with van der Waals surface area (Å²) in [6.45, 7) is 5.21. The van der Waals surface area contributed by atoms with Gasteiger partial charge in [0.15, 0.2) is 0 Å². The van der Waals surface area contributed by atoms with E-state index < -0.39 is 11.4 Å². The molecule has 0 radical (unpaired) electrons. The van der Waals surface area contributed by atoms with Crippen LogP contribution in [0.4, 0.5) is 5.69 Å². The number of ether oxygens (including phenoxy) is 1. The van der Waals surface area contributed by atoms with E-state index in [4.69, 9.17) is 16.9 Å². The van der Waals surface area contributed by atoms with Crippen LogP contribution >= 0.6 is 11.6 Å². The second-order valence-electron chi connectivity index (χ2n) is 5.19. The summed E-state index contributed by atoms with van der Waals surface area (Å²) in [6.07, 6.45) is 0. The van der Waals surface area contributed by atoms with E-state index in [0.29, 0.717) is 0 Å². The van der Waals surface area contributed by atoms with Crippen molar-refractivity contribution in [3.8, 4) is 6.07 Å². The summed E-state index contributed by atoms with van der Waals surface area (Å²) in [5.74, 6) is -0.922. The van der Waals surface area contributed by atoms with Crippen LogP contribution in [0.2, 0.25) is 5.02 Å². The number of methoxy groups -OCH3 is 1. The first kappa shape index (κ1) is 16.0. The van der Waals surface area contributed by atoms with Crippen molar-refractivity contribution in [1.82, 2.24) is 0 Å². The monoisotopic (exact) mass is 294 g/mol. The number of esters is 1. The number of carbonyl (C=O) groups is 2. The molecule has 0 saturated heterocycles. The van der Waals surface area contributed by atoms with Gasteiger partial charge in [-0.15, -0.1) is 0 Å². The highest BCUT2D eigenvalue weighted by Gasteiger charge is 2.24. The molecule has 0 atom stereocenters. The number of nitrogens with zero attached hydrogens (tertiary/aromatic N) is 1. The minimum absolute atomic E-state index is 0.106. The zero-order chi connectivity index (χ0) is 15.5. The summed E-state index contributed by atoms with van der Waals surface area (Å²) in [7, 11) is 1.23. The minimum Gasteiger partial charge on any atom is -0.465 e. The smallest absolute Gasteiger partial charge is 0.340 e. The predicted octanol–water partition coefficient (Wildman–Crippen LogP) is 2.98. The highest BCUT2D eigenvalue weighted by Crippen LogP contribution is 2.27. The van der Waals surface area contributed by atoms with Gasteiger partial charge in [-0.2, -0.15) is 5.26 Å². The standard InChI is InChI=1S/C14H15ClN2O3/c1-14(2,3)13(19)17-11-5-8(7-16)10(15)6-9(11)12(18)20-4/h5-6H,1-4H3,(H,17,19). The Bertz CT molecular complexity index is 598. The summed E-state index contributed by atoms with van der Waals surface area (Å²) in [4.78, 5) is 23.7. The van der Waals surface area contributed by atoms with Crippen LogP contribution in [0.5, 0.6) is 0 Å². The van der Waals surface area contributed by atoms with Gasteiger partial charge in [-0.05, 0) is 12.1 Å². The van der Waals surface area contributed by atoms with Crippen molar-refractivity contribution < 1.29 is 14.3 Å². The molecule has 1 amide bonds. The van der Waals surface area contributed by atoms with E-state index in [2.05, 4.69) is 10.1 Å². The summed E-state index contributed by atoms with van der Waals surface area (Å²) in [6, 6.07) is 4.57. The quantitative estimate of drug-likeness (QED) is 0.850. The van der Waals surface area contributed by atoms with Gasteiger partial charge in [-0.3, -0.25) is 4.79 Å². The number of halogens is 1. The Kier molecular flexibility index (Phi) is 4.74. The fourth-order valence-electron chi connectivity index (χ4n) is 1.35. The van der Waals surface area contributed by atoms with Crippen molar-refractivity contribution in [2.75, 3.05) is 12.4 Å². The second-order valence-corrected chi connectivity index (χ2v) is 5.59. The number of anilines is 1. The number of hydrogen-bond donors (Lipinski definition) is 1. The largest absolute Gasteiger partial charge is 0.465 e. The third kappa shape index (κ3) is 3.49.